The molecule has 0 N–H and O–H groups in total. The lowest BCUT2D eigenvalue weighted by Crippen LogP contribution is -2.47. The van der Waals surface area contributed by atoms with E-state index in [9.17, 15) is 19.2 Å². The van der Waals surface area contributed by atoms with Crippen LogP contribution in [-0.2, 0) is 0 Å². The molecule has 5 aromatic rings. The summed E-state index contributed by atoms with van der Waals surface area (Å²) in [5.41, 5.74) is 2.87. The molecular formula is C50H54N2O4. The van der Waals surface area contributed by atoms with Crippen molar-refractivity contribution in [1.29, 1.82) is 0 Å². The summed E-state index contributed by atoms with van der Waals surface area (Å²) in [5, 5.41) is 5.55. The quantitative estimate of drug-likeness (QED) is 0.0294. The summed E-state index contributed by atoms with van der Waals surface area (Å²) < 4.78 is 0. The van der Waals surface area contributed by atoms with Crippen LogP contribution in [0.3, 0.4) is 0 Å². The van der Waals surface area contributed by atoms with E-state index in [1.807, 2.05) is 24.3 Å². The van der Waals surface area contributed by atoms with Gasteiger partial charge in [0.1, 0.15) is 0 Å². The topological polar surface area (TPSA) is 74.8 Å². The summed E-state index contributed by atoms with van der Waals surface area (Å²) in [6.45, 7) is 8.63. The number of imide groups is 2. The van der Waals surface area contributed by atoms with E-state index in [-0.39, 0.29) is 35.7 Å². The highest BCUT2D eigenvalue weighted by Gasteiger charge is 2.41. The first kappa shape index (κ1) is 39.1. The highest BCUT2D eigenvalue weighted by atomic mass is 16.2. The summed E-state index contributed by atoms with van der Waals surface area (Å²) in [6.07, 6.45) is 27.9. The molecule has 5 aromatic carbocycles. The lowest BCUT2D eigenvalue weighted by atomic mass is 9.79. The third-order valence-corrected chi connectivity index (χ3v) is 12.5. The average molecular weight is 747 g/mol. The summed E-state index contributed by atoms with van der Waals surface area (Å²) in [4.78, 5) is 61.5. The van der Waals surface area contributed by atoms with Crippen molar-refractivity contribution in [2.45, 2.75) is 143 Å². The van der Waals surface area contributed by atoms with Gasteiger partial charge in [-0.2, -0.15) is 0 Å². The monoisotopic (exact) mass is 746 g/mol. The third kappa shape index (κ3) is 6.32. The maximum atomic E-state index is 14.7. The molecule has 56 heavy (non-hydrogen) atoms. The lowest BCUT2D eigenvalue weighted by molar-refractivity contribution is 0.0501. The smallest absolute Gasteiger partial charge is 0.261 e. The van der Waals surface area contributed by atoms with Gasteiger partial charge in [0.05, 0.1) is 0 Å². The molecule has 0 bridgehead atoms. The van der Waals surface area contributed by atoms with Crippen LogP contribution in [0.4, 0.5) is 0 Å². The zero-order valence-electron chi connectivity index (χ0n) is 33.6. The van der Waals surface area contributed by atoms with Crippen molar-refractivity contribution in [3.63, 3.8) is 0 Å². The second-order valence-electron chi connectivity index (χ2n) is 16.1. The highest BCUT2D eigenvalue weighted by Crippen LogP contribution is 2.49. The minimum atomic E-state index is -0.308. The lowest BCUT2D eigenvalue weighted by Gasteiger charge is -2.36. The van der Waals surface area contributed by atoms with E-state index in [2.05, 4.69) is 39.5 Å². The Morgan fingerprint density at radius 2 is 0.768 bits per heavy atom. The highest BCUT2D eigenvalue weighted by molar-refractivity contribution is 6.42. The van der Waals surface area contributed by atoms with Crippen LogP contribution >= 0.6 is 0 Å². The van der Waals surface area contributed by atoms with Gasteiger partial charge < -0.3 is 0 Å². The molecule has 6 heteroatoms. The Balaban J connectivity index is 1.45. The molecule has 7 rings (SSSR count). The number of unbranched alkanes of at least 4 members (excludes halogenated alkanes) is 8. The molecule has 2 aliphatic rings. The van der Waals surface area contributed by atoms with E-state index < -0.39 is 0 Å². The van der Waals surface area contributed by atoms with Gasteiger partial charge in [0, 0.05) is 77.8 Å². The van der Waals surface area contributed by atoms with Gasteiger partial charge in [-0.3, -0.25) is 29.0 Å². The number of rotatable bonds is 18. The molecule has 0 atom stereocenters. The number of benzene rings is 5. The number of carbonyl (C=O) groups excluding carboxylic acids is 4. The summed E-state index contributed by atoms with van der Waals surface area (Å²) in [7, 11) is 0. The third-order valence-electron chi connectivity index (χ3n) is 12.5. The van der Waals surface area contributed by atoms with Crippen molar-refractivity contribution >= 4 is 66.7 Å². The molecule has 2 aliphatic heterocycles. The van der Waals surface area contributed by atoms with Crippen LogP contribution in [0.15, 0.2) is 36.4 Å². The predicted molar refractivity (Wildman–Crippen MR) is 229 cm³/mol. The van der Waals surface area contributed by atoms with E-state index in [1.165, 1.54) is 9.80 Å². The van der Waals surface area contributed by atoms with Gasteiger partial charge in [-0.1, -0.05) is 129 Å². The van der Waals surface area contributed by atoms with Crippen LogP contribution in [0.1, 0.15) is 183 Å². The number of hydrogen-bond acceptors (Lipinski definition) is 4. The Bertz CT molecular complexity index is 2270. The molecule has 0 spiro atoms. The van der Waals surface area contributed by atoms with Crippen molar-refractivity contribution in [3.05, 3.63) is 69.8 Å². The fraction of sp³-hybridized carbons (Fsp3) is 0.440. The molecule has 0 saturated carbocycles. The van der Waals surface area contributed by atoms with E-state index in [0.29, 0.717) is 44.2 Å². The maximum absolute atomic E-state index is 14.7. The van der Waals surface area contributed by atoms with Crippen molar-refractivity contribution in [3.8, 4) is 24.7 Å². The van der Waals surface area contributed by atoms with Gasteiger partial charge in [-0.05, 0) is 60.7 Å². The first-order valence-corrected chi connectivity index (χ1v) is 21.2. The number of nitrogens with zero attached hydrogens (tertiary/aromatic N) is 2. The Kier molecular flexibility index (Phi) is 11.5. The maximum Gasteiger partial charge on any atom is 0.261 e. The van der Waals surface area contributed by atoms with E-state index in [4.69, 9.17) is 12.8 Å². The summed E-state index contributed by atoms with van der Waals surface area (Å²) in [6, 6.07) is 10.7. The van der Waals surface area contributed by atoms with Crippen molar-refractivity contribution in [2.75, 3.05) is 0 Å². The summed E-state index contributed by atoms with van der Waals surface area (Å²) in [5.74, 6) is 4.61. The molecule has 0 aliphatic carbocycles. The SMILES string of the molecule is C#Cc1cc2c3c(ccc4c5c(C#C)cc6c7c(ccc(c1c34)c75)C(=O)N(C(CCCCC)CCCCC)C6=O)C(=O)N(C(CCCCC)CCCCC)C2=O. The normalized spacial score (nSPS) is 14.1. The zero-order chi connectivity index (χ0) is 39.7. The van der Waals surface area contributed by atoms with Crippen LogP contribution in [0.5, 0.6) is 0 Å². The fourth-order valence-corrected chi connectivity index (χ4v) is 9.72. The molecule has 0 radical (unpaired) electrons. The average Bonchev–Trinajstić information content (AvgIpc) is 3.20. The second-order valence-corrected chi connectivity index (χ2v) is 16.1. The zero-order valence-corrected chi connectivity index (χ0v) is 33.6. The van der Waals surface area contributed by atoms with Gasteiger partial charge in [-0.15, -0.1) is 12.8 Å². The van der Waals surface area contributed by atoms with Crippen molar-refractivity contribution < 1.29 is 19.2 Å². The first-order valence-electron chi connectivity index (χ1n) is 21.2. The molecule has 0 aromatic heterocycles. The van der Waals surface area contributed by atoms with Crippen LogP contribution < -0.4 is 0 Å². The number of hydrogen-bond donors (Lipinski definition) is 0. The Labute approximate surface area is 331 Å². The van der Waals surface area contributed by atoms with Crippen molar-refractivity contribution in [2.24, 2.45) is 0 Å². The number of amides is 4. The van der Waals surface area contributed by atoms with Gasteiger partial charge in [-0.25, -0.2) is 0 Å². The molecule has 0 unspecified atom stereocenters. The fourth-order valence-electron chi connectivity index (χ4n) is 9.72. The van der Waals surface area contributed by atoms with Gasteiger partial charge in [0.25, 0.3) is 23.6 Å². The molecule has 288 valence electrons. The van der Waals surface area contributed by atoms with Gasteiger partial charge in [0.2, 0.25) is 0 Å². The number of fused-ring (bicyclic) bond motifs is 2. The van der Waals surface area contributed by atoms with Crippen LogP contribution in [0.2, 0.25) is 0 Å². The number of terminal acetylenes is 2. The molecule has 0 saturated heterocycles. The van der Waals surface area contributed by atoms with Gasteiger partial charge >= 0.3 is 0 Å². The Morgan fingerprint density at radius 3 is 1.07 bits per heavy atom. The van der Waals surface area contributed by atoms with Gasteiger partial charge in [0.15, 0.2) is 0 Å². The van der Waals surface area contributed by atoms with Crippen LogP contribution in [-0.4, -0.2) is 45.5 Å². The number of carbonyl (C=O) groups is 4. The van der Waals surface area contributed by atoms with E-state index in [0.717, 1.165) is 135 Å². The molecule has 2 heterocycles. The summed E-state index contributed by atoms with van der Waals surface area (Å²) >= 11 is 0. The molecule has 0 fully saturated rings. The predicted octanol–water partition coefficient (Wildman–Crippen LogP) is 12.0. The van der Waals surface area contributed by atoms with Crippen LogP contribution in [0.25, 0.3) is 43.1 Å². The van der Waals surface area contributed by atoms with Crippen LogP contribution in [0, 0.1) is 24.7 Å². The largest absolute Gasteiger partial charge is 0.271 e. The van der Waals surface area contributed by atoms with E-state index >= 15 is 0 Å². The Hall–Kier alpha value is -5.20. The Morgan fingerprint density at radius 1 is 0.446 bits per heavy atom. The molecule has 4 amide bonds. The van der Waals surface area contributed by atoms with Crippen molar-refractivity contribution in [1.82, 2.24) is 9.80 Å². The minimum absolute atomic E-state index is 0.199. The minimum Gasteiger partial charge on any atom is -0.271 e. The molecule has 6 nitrogen and oxygen atoms in total. The first-order chi connectivity index (χ1) is 27.3. The second kappa shape index (κ2) is 16.5. The standard InChI is InChI=1S/C50H54N2O4/c1-7-13-17-21-33(22-18-14-8-2)51-47(53)37-27-25-35-42-32(12-6)30-40-44-38(48(54)52(50(40)56)34(23-19-15-9-3)24-20-16-10-4)28-26-36(46(42)44)41-31(11-5)29-39(49(51)55)43(37)45(35)41/h5-6,25-30,33-34H,7-10,13-24H2,1-4H3. The molecular weight excluding hydrogens is 693 g/mol. The van der Waals surface area contributed by atoms with E-state index in [1.54, 1.807) is 12.1 Å².